The smallest absolute Gasteiger partial charge is 0.165 e. The Labute approximate surface area is 126 Å². The van der Waals surface area contributed by atoms with E-state index >= 15 is 0 Å². The SMILES string of the molecule is CC.CC.C[C@@]12CCOCC1COc1c(F)ccc(F)c12. The van der Waals surface area contributed by atoms with Crippen LogP contribution in [0.3, 0.4) is 0 Å². The molecule has 0 bridgehead atoms. The van der Waals surface area contributed by atoms with Gasteiger partial charge in [-0.15, -0.1) is 0 Å². The molecule has 3 rings (SSSR count). The molecule has 0 amide bonds. The first kappa shape index (κ1) is 17.9. The topological polar surface area (TPSA) is 18.5 Å². The van der Waals surface area contributed by atoms with Crippen molar-refractivity contribution in [2.24, 2.45) is 5.92 Å². The van der Waals surface area contributed by atoms with Crippen LogP contribution < -0.4 is 4.74 Å². The van der Waals surface area contributed by atoms with Crippen LogP contribution in [0.4, 0.5) is 8.78 Å². The highest BCUT2D eigenvalue weighted by molar-refractivity contribution is 5.44. The molecule has 0 saturated carbocycles. The molecule has 1 saturated heterocycles. The highest BCUT2D eigenvalue weighted by atomic mass is 19.1. The molecule has 0 aliphatic carbocycles. The van der Waals surface area contributed by atoms with E-state index in [2.05, 4.69) is 0 Å². The minimum absolute atomic E-state index is 0.0886. The number of hydrogen-bond acceptors (Lipinski definition) is 2. The molecule has 4 heteroatoms. The van der Waals surface area contributed by atoms with Crippen LogP contribution in [0.1, 0.15) is 46.6 Å². The van der Waals surface area contributed by atoms with E-state index in [4.69, 9.17) is 9.47 Å². The number of fused-ring (bicyclic) bond motifs is 3. The summed E-state index contributed by atoms with van der Waals surface area (Å²) in [7, 11) is 0. The van der Waals surface area contributed by atoms with Gasteiger partial charge in [-0.05, 0) is 18.6 Å². The van der Waals surface area contributed by atoms with Crippen molar-refractivity contribution in [3.05, 3.63) is 29.3 Å². The Balaban J connectivity index is 0.000000510. The standard InChI is InChI=1S/C13H14F2O2.2C2H6/c1-13-4-5-16-6-8(13)7-17-12-10(15)3-2-9(14)11(12)13;2*1-2/h2-3,8H,4-7H2,1H3;2*1-2H3/t8?,13-;;/m1../s1. The summed E-state index contributed by atoms with van der Waals surface area (Å²) >= 11 is 0. The van der Waals surface area contributed by atoms with Crippen molar-refractivity contribution in [1.82, 2.24) is 0 Å². The lowest BCUT2D eigenvalue weighted by Gasteiger charge is -2.45. The van der Waals surface area contributed by atoms with E-state index in [1.807, 2.05) is 34.6 Å². The second-order valence-corrected chi connectivity index (χ2v) is 4.98. The highest BCUT2D eigenvalue weighted by Crippen LogP contribution is 2.48. The van der Waals surface area contributed by atoms with Gasteiger partial charge in [0.15, 0.2) is 11.6 Å². The van der Waals surface area contributed by atoms with Crippen LogP contribution in [0.25, 0.3) is 0 Å². The van der Waals surface area contributed by atoms with Crippen molar-refractivity contribution < 1.29 is 18.3 Å². The van der Waals surface area contributed by atoms with Crippen LogP contribution in [0.5, 0.6) is 5.75 Å². The fourth-order valence-electron chi connectivity index (χ4n) is 2.85. The van der Waals surface area contributed by atoms with Crippen LogP contribution in [-0.4, -0.2) is 19.8 Å². The van der Waals surface area contributed by atoms with Gasteiger partial charge in [-0.25, -0.2) is 8.78 Å². The summed E-state index contributed by atoms with van der Waals surface area (Å²) in [5.41, 5.74) is 0.00919. The molecule has 2 heterocycles. The van der Waals surface area contributed by atoms with Gasteiger partial charge in [0.05, 0.1) is 13.2 Å². The third-order valence-corrected chi connectivity index (χ3v) is 4.04. The van der Waals surface area contributed by atoms with E-state index in [1.54, 1.807) is 0 Å². The van der Waals surface area contributed by atoms with Gasteiger partial charge in [0.2, 0.25) is 0 Å². The largest absolute Gasteiger partial charge is 0.490 e. The van der Waals surface area contributed by atoms with Crippen LogP contribution in [-0.2, 0) is 10.2 Å². The molecule has 21 heavy (non-hydrogen) atoms. The van der Waals surface area contributed by atoms with Gasteiger partial charge >= 0.3 is 0 Å². The van der Waals surface area contributed by atoms with Crippen LogP contribution >= 0.6 is 0 Å². The van der Waals surface area contributed by atoms with Crippen molar-refractivity contribution in [2.45, 2.75) is 46.5 Å². The van der Waals surface area contributed by atoms with Gasteiger partial charge in [0, 0.05) is 23.5 Å². The van der Waals surface area contributed by atoms with E-state index in [9.17, 15) is 8.78 Å². The monoisotopic (exact) mass is 300 g/mol. The molecule has 1 unspecified atom stereocenters. The molecule has 0 spiro atoms. The Morgan fingerprint density at radius 2 is 1.67 bits per heavy atom. The molecule has 2 aliphatic rings. The fraction of sp³-hybridized carbons (Fsp3) is 0.647. The van der Waals surface area contributed by atoms with Gasteiger partial charge < -0.3 is 9.47 Å². The van der Waals surface area contributed by atoms with Crippen molar-refractivity contribution in [3.63, 3.8) is 0 Å². The molecule has 1 aromatic rings. The predicted molar refractivity (Wildman–Crippen MR) is 80.8 cm³/mol. The van der Waals surface area contributed by atoms with Crippen molar-refractivity contribution in [1.29, 1.82) is 0 Å². The predicted octanol–water partition coefficient (Wildman–Crippen LogP) is 4.70. The summed E-state index contributed by atoms with van der Waals surface area (Å²) < 4.78 is 38.4. The zero-order valence-corrected chi connectivity index (χ0v) is 13.6. The quantitative estimate of drug-likeness (QED) is 0.691. The molecule has 120 valence electrons. The maximum absolute atomic E-state index is 14.0. The number of rotatable bonds is 0. The average Bonchev–Trinajstić information content (AvgIpc) is 2.53. The highest BCUT2D eigenvalue weighted by Gasteiger charge is 2.46. The molecule has 2 aliphatic heterocycles. The molecule has 2 atom stereocenters. The third kappa shape index (κ3) is 3.20. The van der Waals surface area contributed by atoms with Crippen LogP contribution in [0.15, 0.2) is 12.1 Å². The molecule has 0 radical (unpaired) electrons. The Bertz CT molecular complexity index is 462. The number of hydrogen-bond donors (Lipinski definition) is 0. The first-order chi connectivity index (χ1) is 10.1. The number of benzene rings is 1. The Hall–Kier alpha value is -1.16. The maximum atomic E-state index is 14.0. The summed E-state index contributed by atoms with van der Waals surface area (Å²) in [5, 5.41) is 0. The van der Waals surface area contributed by atoms with Crippen molar-refractivity contribution >= 4 is 0 Å². The molecular weight excluding hydrogens is 274 g/mol. The van der Waals surface area contributed by atoms with Gasteiger partial charge in [-0.2, -0.15) is 0 Å². The molecular formula is C17H26F2O2. The van der Waals surface area contributed by atoms with Crippen LogP contribution in [0.2, 0.25) is 0 Å². The molecule has 2 nitrogen and oxygen atoms in total. The second-order valence-electron chi connectivity index (χ2n) is 4.98. The van der Waals surface area contributed by atoms with E-state index in [1.165, 1.54) is 6.07 Å². The van der Waals surface area contributed by atoms with Crippen molar-refractivity contribution in [3.8, 4) is 5.75 Å². The number of ether oxygens (including phenoxy) is 2. The normalized spacial score (nSPS) is 26.0. The zero-order valence-electron chi connectivity index (χ0n) is 13.6. The van der Waals surface area contributed by atoms with E-state index < -0.39 is 5.82 Å². The average molecular weight is 300 g/mol. The molecule has 0 N–H and O–H groups in total. The van der Waals surface area contributed by atoms with Crippen molar-refractivity contribution in [2.75, 3.05) is 19.8 Å². The van der Waals surface area contributed by atoms with E-state index in [-0.39, 0.29) is 22.9 Å². The summed E-state index contributed by atoms with van der Waals surface area (Å²) in [6.45, 7) is 11.5. The minimum Gasteiger partial charge on any atom is -0.490 e. The van der Waals surface area contributed by atoms with Gasteiger partial charge in [0.25, 0.3) is 0 Å². The van der Waals surface area contributed by atoms with Gasteiger partial charge in [-0.1, -0.05) is 34.6 Å². The molecule has 1 aromatic carbocycles. The lowest BCUT2D eigenvalue weighted by molar-refractivity contribution is -0.0285. The summed E-state index contributed by atoms with van der Waals surface area (Å²) in [6, 6.07) is 2.30. The first-order valence-electron chi connectivity index (χ1n) is 7.82. The lowest BCUT2D eigenvalue weighted by Crippen LogP contribution is -2.47. The maximum Gasteiger partial charge on any atom is 0.165 e. The Morgan fingerprint density at radius 3 is 2.33 bits per heavy atom. The molecule has 0 aromatic heterocycles. The number of halogens is 2. The summed E-state index contributed by atoms with van der Waals surface area (Å²) in [6.07, 6.45) is 0.703. The Kier molecular flexibility index (Phi) is 6.59. The van der Waals surface area contributed by atoms with Crippen LogP contribution in [0, 0.1) is 17.6 Å². The minimum atomic E-state index is -0.479. The fourth-order valence-corrected chi connectivity index (χ4v) is 2.85. The summed E-state index contributed by atoms with van der Waals surface area (Å²) in [4.78, 5) is 0. The van der Waals surface area contributed by atoms with Gasteiger partial charge in [0.1, 0.15) is 5.82 Å². The van der Waals surface area contributed by atoms with E-state index in [0.29, 0.717) is 31.8 Å². The lowest BCUT2D eigenvalue weighted by atomic mass is 9.67. The summed E-state index contributed by atoms with van der Waals surface area (Å²) in [5.74, 6) is -0.672. The van der Waals surface area contributed by atoms with Gasteiger partial charge in [-0.3, -0.25) is 0 Å². The third-order valence-electron chi connectivity index (χ3n) is 4.04. The zero-order chi connectivity index (χ0) is 16.0. The Morgan fingerprint density at radius 1 is 1.05 bits per heavy atom. The second kappa shape index (κ2) is 7.74. The first-order valence-corrected chi connectivity index (χ1v) is 7.82. The molecule has 1 fully saturated rings. The van der Waals surface area contributed by atoms with E-state index in [0.717, 1.165) is 6.07 Å².